The van der Waals surface area contributed by atoms with Crippen molar-refractivity contribution in [3.63, 3.8) is 0 Å². The summed E-state index contributed by atoms with van der Waals surface area (Å²) in [4.78, 5) is 0. The topological polar surface area (TPSA) is 58.3 Å². The molecule has 0 radical (unpaired) electrons. The van der Waals surface area contributed by atoms with Gasteiger partial charge in [-0.2, -0.15) is 0 Å². The zero-order valence-electron chi connectivity index (χ0n) is 7.66. The smallest absolute Gasteiger partial charge is 0.115 e. The first-order valence-corrected chi connectivity index (χ1v) is 4.51. The third kappa shape index (κ3) is 3.92. The second kappa shape index (κ2) is 5.56. The highest BCUT2D eigenvalue weighted by Crippen LogP contribution is 2.10. The van der Waals surface area contributed by atoms with Gasteiger partial charge < -0.3 is 16.2 Å². The van der Waals surface area contributed by atoms with Crippen molar-refractivity contribution >= 4 is 0 Å². The van der Waals surface area contributed by atoms with Crippen LogP contribution in [0.25, 0.3) is 0 Å². The molecule has 0 atom stereocenters. The summed E-state index contributed by atoms with van der Waals surface area (Å²) >= 11 is 0. The molecular formula is C10H16N2O. The lowest BCUT2D eigenvalue weighted by Gasteiger charge is -2.03. The van der Waals surface area contributed by atoms with E-state index in [4.69, 9.17) is 10.8 Å². The van der Waals surface area contributed by atoms with Crippen molar-refractivity contribution in [1.82, 2.24) is 5.32 Å². The van der Waals surface area contributed by atoms with Gasteiger partial charge in [0.25, 0.3) is 0 Å². The minimum Gasteiger partial charge on any atom is -0.508 e. The van der Waals surface area contributed by atoms with Crippen LogP contribution in [0.5, 0.6) is 5.75 Å². The Bertz CT molecular complexity index is 250. The Morgan fingerprint density at radius 2 is 2.23 bits per heavy atom. The molecule has 0 bridgehead atoms. The van der Waals surface area contributed by atoms with Gasteiger partial charge in [-0.05, 0) is 37.2 Å². The Hall–Kier alpha value is -1.06. The van der Waals surface area contributed by atoms with Crippen LogP contribution in [-0.4, -0.2) is 18.2 Å². The van der Waals surface area contributed by atoms with E-state index in [0.29, 0.717) is 12.3 Å². The lowest BCUT2D eigenvalue weighted by molar-refractivity contribution is 0.474. The molecule has 3 nitrogen and oxygen atoms in total. The molecule has 0 heterocycles. The van der Waals surface area contributed by atoms with Gasteiger partial charge in [0.1, 0.15) is 5.75 Å². The van der Waals surface area contributed by atoms with Gasteiger partial charge >= 0.3 is 0 Å². The second-order valence-electron chi connectivity index (χ2n) is 2.99. The highest BCUT2D eigenvalue weighted by atomic mass is 16.3. The molecule has 0 aliphatic heterocycles. The van der Waals surface area contributed by atoms with E-state index in [9.17, 15) is 0 Å². The van der Waals surface area contributed by atoms with Crippen LogP contribution in [-0.2, 0) is 6.54 Å². The van der Waals surface area contributed by atoms with E-state index in [0.717, 1.165) is 25.1 Å². The van der Waals surface area contributed by atoms with Crippen molar-refractivity contribution in [2.45, 2.75) is 13.0 Å². The number of phenolic OH excluding ortho intramolecular Hbond substituents is 1. The Kier molecular flexibility index (Phi) is 4.29. The zero-order valence-corrected chi connectivity index (χ0v) is 7.66. The number of phenols is 1. The summed E-state index contributed by atoms with van der Waals surface area (Å²) in [6.45, 7) is 2.42. The summed E-state index contributed by atoms with van der Waals surface area (Å²) in [5, 5.41) is 12.4. The van der Waals surface area contributed by atoms with Crippen LogP contribution in [0, 0.1) is 0 Å². The summed E-state index contributed by atoms with van der Waals surface area (Å²) in [5.74, 6) is 0.318. The van der Waals surface area contributed by atoms with Crippen LogP contribution < -0.4 is 11.1 Å². The van der Waals surface area contributed by atoms with Gasteiger partial charge in [-0.3, -0.25) is 0 Å². The molecule has 1 aromatic rings. The van der Waals surface area contributed by atoms with Gasteiger partial charge in [0, 0.05) is 6.54 Å². The predicted octanol–water partition coefficient (Wildman–Crippen LogP) is 0.831. The van der Waals surface area contributed by atoms with Crippen LogP contribution in [0.2, 0.25) is 0 Å². The maximum atomic E-state index is 9.17. The molecule has 0 aliphatic rings. The van der Waals surface area contributed by atoms with Crippen molar-refractivity contribution in [1.29, 1.82) is 0 Å². The Morgan fingerprint density at radius 3 is 2.92 bits per heavy atom. The van der Waals surface area contributed by atoms with Gasteiger partial charge in [-0.25, -0.2) is 0 Å². The SMILES string of the molecule is NCCCNCc1cccc(O)c1. The molecule has 4 N–H and O–H groups in total. The molecule has 72 valence electrons. The summed E-state index contributed by atoms with van der Waals surface area (Å²) in [7, 11) is 0. The number of aromatic hydroxyl groups is 1. The van der Waals surface area contributed by atoms with Crippen LogP contribution >= 0.6 is 0 Å². The Balaban J connectivity index is 2.28. The van der Waals surface area contributed by atoms with Gasteiger partial charge in [0.05, 0.1) is 0 Å². The number of rotatable bonds is 5. The Morgan fingerprint density at radius 1 is 1.38 bits per heavy atom. The van der Waals surface area contributed by atoms with E-state index in [1.165, 1.54) is 0 Å². The molecule has 0 saturated heterocycles. The first-order chi connectivity index (χ1) is 6.33. The minimum absolute atomic E-state index is 0.318. The fourth-order valence-corrected chi connectivity index (χ4v) is 1.13. The third-order valence-corrected chi connectivity index (χ3v) is 1.80. The lowest BCUT2D eigenvalue weighted by atomic mass is 10.2. The van der Waals surface area contributed by atoms with Crippen LogP contribution in [0.1, 0.15) is 12.0 Å². The minimum atomic E-state index is 0.318. The predicted molar refractivity (Wildman–Crippen MR) is 53.5 cm³/mol. The van der Waals surface area contributed by atoms with Gasteiger partial charge in [0.2, 0.25) is 0 Å². The Labute approximate surface area is 78.6 Å². The summed E-state index contributed by atoms with van der Waals surface area (Å²) in [5.41, 5.74) is 6.45. The molecular weight excluding hydrogens is 164 g/mol. The normalized spacial score (nSPS) is 10.2. The molecule has 0 amide bonds. The van der Waals surface area contributed by atoms with E-state index in [-0.39, 0.29) is 0 Å². The molecule has 0 saturated carbocycles. The van der Waals surface area contributed by atoms with Crippen LogP contribution in [0.3, 0.4) is 0 Å². The molecule has 0 spiro atoms. The number of hydrogen-bond donors (Lipinski definition) is 3. The standard InChI is InChI=1S/C10H16N2O/c11-5-2-6-12-8-9-3-1-4-10(13)7-9/h1,3-4,7,12-13H,2,5-6,8,11H2. The molecule has 0 aromatic heterocycles. The number of benzene rings is 1. The number of hydrogen-bond acceptors (Lipinski definition) is 3. The molecule has 1 rings (SSSR count). The fraction of sp³-hybridized carbons (Fsp3) is 0.400. The first-order valence-electron chi connectivity index (χ1n) is 4.51. The van der Waals surface area contributed by atoms with Crippen molar-refractivity contribution in [2.24, 2.45) is 5.73 Å². The van der Waals surface area contributed by atoms with Crippen molar-refractivity contribution in [2.75, 3.05) is 13.1 Å². The quantitative estimate of drug-likeness (QED) is 0.588. The molecule has 0 fully saturated rings. The van der Waals surface area contributed by atoms with E-state index >= 15 is 0 Å². The number of nitrogens with two attached hydrogens (primary N) is 1. The first kappa shape index (κ1) is 10.0. The van der Waals surface area contributed by atoms with Crippen molar-refractivity contribution < 1.29 is 5.11 Å². The third-order valence-electron chi connectivity index (χ3n) is 1.80. The number of nitrogens with one attached hydrogen (secondary N) is 1. The average molecular weight is 180 g/mol. The maximum absolute atomic E-state index is 9.17. The van der Waals surface area contributed by atoms with Gasteiger partial charge in [0.15, 0.2) is 0 Å². The van der Waals surface area contributed by atoms with Crippen LogP contribution in [0.15, 0.2) is 24.3 Å². The largest absolute Gasteiger partial charge is 0.508 e. The summed E-state index contributed by atoms with van der Waals surface area (Å²) in [6, 6.07) is 7.25. The van der Waals surface area contributed by atoms with Crippen molar-refractivity contribution in [3.8, 4) is 5.75 Å². The van der Waals surface area contributed by atoms with Crippen LogP contribution in [0.4, 0.5) is 0 Å². The zero-order chi connectivity index (χ0) is 9.52. The second-order valence-corrected chi connectivity index (χ2v) is 2.99. The molecule has 1 aromatic carbocycles. The van der Waals surface area contributed by atoms with E-state index in [2.05, 4.69) is 5.32 Å². The fourth-order valence-electron chi connectivity index (χ4n) is 1.13. The molecule has 3 heteroatoms. The molecule has 13 heavy (non-hydrogen) atoms. The van der Waals surface area contributed by atoms with Gasteiger partial charge in [-0.1, -0.05) is 12.1 Å². The molecule has 0 aliphatic carbocycles. The summed E-state index contributed by atoms with van der Waals surface area (Å²) < 4.78 is 0. The molecule has 0 unspecified atom stereocenters. The monoisotopic (exact) mass is 180 g/mol. The summed E-state index contributed by atoms with van der Waals surface area (Å²) in [6.07, 6.45) is 0.985. The average Bonchev–Trinajstić information content (AvgIpc) is 2.13. The van der Waals surface area contributed by atoms with E-state index in [1.54, 1.807) is 12.1 Å². The lowest BCUT2D eigenvalue weighted by Crippen LogP contribution is -2.17. The maximum Gasteiger partial charge on any atom is 0.115 e. The van der Waals surface area contributed by atoms with Gasteiger partial charge in [-0.15, -0.1) is 0 Å². The van der Waals surface area contributed by atoms with Crippen molar-refractivity contribution in [3.05, 3.63) is 29.8 Å². The van der Waals surface area contributed by atoms with E-state index in [1.807, 2.05) is 12.1 Å². The van der Waals surface area contributed by atoms with E-state index < -0.39 is 0 Å². The highest BCUT2D eigenvalue weighted by molar-refractivity contribution is 5.26. The highest BCUT2D eigenvalue weighted by Gasteiger charge is 1.93.